The summed E-state index contributed by atoms with van der Waals surface area (Å²) in [5, 5.41) is 0. The fourth-order valence-corrected chi connectivity index (χ4v) is 0. The average molecular weight is 154 g/mol. The van der Waals surface area contributed by atoms with Crippen molar-refractivity contribution in [3.63, 3.8) is 0 Å². The van der Waals surface area contributed by atoms with E-state index in [2.05, 4.69) is 0 Å². The van der Waals surface area contributed by atoms with Crippen molar-refractivity contribution in [2.45, 2.75) is 0 Å². The van der Waals surface area contributed by atoms with Crippen LogP contribution in [-0.4, -0.2) is 52.4 Å². The SMILES string of the molecule is O=P(O)(O)O.[Ca+2].[O-2]. The molecule has 0 spiro atoms. The molecule has 0 amide bonds. The zero-order valence-electron chi connectivity index (χ0n) is 3.31. The van der Waals surface area contributed by atoms with Crippen LogP contribution in [0.4, 0.5) is 0 Å². The number of rotatable bonds is 0. The Balaban J connectivity index is -0.0000000800. The Morgan fingerprint density at radius 1 is 1.14 bits per heavy atom. The first kappa shape index (κ1) is 15.8. The summed E-state index contributed by atoms with van der Waals surface area (Å²) in [6, 6.07) is 0. The van der Waals surface area contributed by atoms with E-state index in [0.717, 1.165) is 0 Å². The van der Waals surface area contributed by atoms with Gasteiger partial charge in [-0.15, -0.1) is 0 Å². The maximum absolute atomic E-state index is 8.88. The average Bonchev–Trinajstić information content (AvgIpc) is 0.722. The molecule has 3 N–H and O–H groups in total. The van der Waals surface area contributed by atoms with E-state index in [1.54, 1.807) is 0 Å². The smallest absolute Gasteiger partial charge is 2.00 e. The van der Waals surface area contributed by atoms with Gasteiger partial charge in [-0.3, -0.25) is 0 Å². The third-order valence-corrected chi connectivity index (χ3v) is 0. The van der Waals surface area contributed by atoms with Crippen molar-refractivity contribution in [2.75, 3.05) is 0 Å². The fraction of sp³-hybridized carbons (Fsp3) is 0. The number of hydrogen-bond donors (Lipinski definition) is 3. The molecule has 5 nitrogen and oxygen atoms in total. The molecule has 0 unspecified atom stereocenters. The predicted octanol–water partition coefficient (Wildman–Crippen LogP) is -1.43. The van der Waals surface area contributed by atoms with Crippen molar-refractivity contribution in [1.82, 2.24) is 0 Å². The molecular formula is H3CaO5P. The minimum atomic E-state index is -4.64. The third-order valence-electron chi connectivity index (χ3n) is 0. The van der Waals surface area contributed by atoms with E-state index in [0.29, 0.717) is 0 Å². The molecule has 0 saturated carbocycles. The molecule has 0 atom stereocenters. The maximum atomic E-state index is 8.88. The first-order valence-corrected chi connectivity index (χ1v) is 2.35. The summed E-state index contributed by atoms with van der Waals surface area (Å²) in [6.45, 7) is 0. The van der Waals surface area contributed by atoms with Crippen LogP contribution in [0.2, 0.25) is 0 Å². The van der Waals surface area contributed by atoms with Crippen LogP contribution in [-0.2, 0) is 10.0 Å². The Kier molecular flexibility index (Phi) is 12.3. The number of hydrogen-bond acceptors (Lipinski definition) is 1. The topological polar surface area (TPSA) is 106 Å². The van der Waals surface area contributed by atoms with E-state index < -0.39 is 7.82 Å². The molecule has 0 heterocycles. The normalized spacial score (nSPS) is 8.43. The van der Waals surface area contributed by atoms with Crippen molar-refractivity contribution in [3.05, 3.63) is 0 Å². The van der Waals surface area contributed by atoms with Gasteiger partial charge in [0, 0.05) is 0 Å². The van der Waals surface area contributed by atoms with E-state index in [1.807, 2.05) is 0 Å². The molecular weight excluding hydrogens is 151 g/mol. The zero-order valence-corrected chi connectivity index (χ0v) is 6.42. The Hall–Kier alpha value is 1.33. The Labute approximate surface area is 69.9 Å². The summed E-state index contributed by atoms with van der Waals surface area (Å²) >= 11 is 0. The van der Waals surface area contributed by atoms with Crippen LogP contribution >= 0.6 is 7.82 Å². The van der Waals surface area contributed by atoms with Gasteiger partial charge in [0.15, 0.2) is 0 Å². The van der Waals surface area contributed by atoms with Crippen molar-refractivity contribution in [2.24, 2.45) is 0 Å². The Morgan fingerprint density at radius 2 is 1.14 bits per heavy atom. The van der Waals surface area contributed by atoms with E-state index in [1.165, 1.54) is 0 Å². The van der Waals surface area contributed by atoms with E-state index in [4.69, 9.17) is 19.2 Å². The molecule has 0 aromatic carbocycles. The van der Waals surface area contributed by atoms with Gasteiger partial charge >= 0.3 is 45.6 Å². The van der Waals surface area contributed by atoms with Gasteiger partial charge in [0.05, 0.1) is 0 Å². The van der Waals surface area contributed by atoms with Crippen LogP contribution in [0.5, 0.6) is 0 Å². The zero-order chi connectivity index (χ0) is 4.50. The summed E-state index contributed by atoms with van der Waals surface area (Å²) in [5.41, 5.74) is 0. The van der Waals surface area contributed by atoms with Gasteiger partial charge in [-0.25, -0.2) is 4.57 Å². The van der Waals surface area contributed by atoms with Gasteiger partial charge in [0.1, 0.15) is 0 Å². The molecule has 0 aliphatic rings. The molecule has 7 heteroatoms. The van der Waals surface area contributed by atoms with Crippen LogP contribution in [0.1, 0.15) is 0 Å². The molecule has 40 valence electrons. The first-order valence-electron chi connectivity index (χ1n) is 0.783. The summed E-state index contributed by atoms with van der Waals surface area (Å²) < 4.78 is 8.88. The molecule has 0 fully saturated rings. The molecule has 0 saturated heterocycles. The largest absolute Gasteiger partial charge is 2.00 e. The van der Waals surface area contributed by atoms with Gasteiger partial charge in [-0.05, 0) is 0 Å². The first-order chi connectivity index (χ1) is 2.00. The van der Waals surface area contributed by atoms with Crippen LogP contribution in [0, 0.1) is 0 Å². The third kappa shape index (κ3) is 118. The number of phosphoric acid groups is 1. The quantitative estimate of drug-likeness (QED) is 0.293. The van der Waals surface area contributed by atoms with E-state index in [9.17, 15) is 0 Å². The van der Waals surface area contributed by atoms with E-state index >= 15 is 0 Å². The van der Waals surface area contributed by atoms with Gasteiger partial charge in [-0.2, -0.15) is 0 Å². The second-order valence-corrected chi connectivity index (χ2v) is 1.54. The molecule has 0 aliphatic carbocycles. The summed E-state index contributed by atoms with van der Waals surface area (Å²) in [6.07, 6.45) is 0. The second kappa shape index (κ2) is 5.47. The summed E-state index contributed by atoms with van der Waals surface area (Å²) in [7, 11) is -4.64. The van der Waals surface area contributed by atoms with Crippen LogP contribution in [0.15, 0.2) is 0 Å². The monoisotopic (exact) mass is 154 g/mol. The minimum absolute atomic E-state index is 0. The van der Waals surface area contributed by atoms with Crippen LogP contribution in [0.3, 0.4) is 0 Å². The van der Waals surface area contributed by atoms with Gasteiger partial charge < -0.3 is 20.2 Å². The molecule has 0 radical (unpaired) electrons. The fourth-order valence-electron chi connectivity index (χ4n) is 0. The van der Waals surface area contributed by atoms with Crippen molar-refractivity contribution in [1.29, 1.82) is 0 Å². The van der Waals surface area contributed by atoms with Gasteiger partial charge in [-0.1, -0.05) is 0 Å². The van der Waals surface area contributed by atoms with Crippen molar-refractivity contribution < 1.29 is 24.7 Å². The van der Waals surface area contributed by atoms with Crippen LogP contribution < -0.4 is 0 Å². The Morgan fingerprint density at radius 3 is 1.14 bits per heavy atom. The standard InChI is InChI=1S/Ca.H3O4P.O/c;1-5(2,3)4;/h;(H3,1,2,3,4);/q+2;;-2. The maximum Gasteiger partial charge on any atom is 2.00 e. The van der Waals surface area contributed by atoms with Gasteiger partial charge in [0.2, 0.25) is 0 Å². The molecule has 0 aromatic rings. The van der Waals surface area contributed by atoms with Crippen molar-refractivity contribution in [3.8, 4) is 0 Å². The predicted molar refractivity (Wildman–Crippen MR) is 20.7 cm³/mol. The molecule has 7 heavy (non-hydrogen) atoms. The molecule has 0 aliphatic heterocycles. The van der Waals surface area contributed by atoms with Crippen molar-refractivity contribution >= 4 is 45.6 Å². The second-order valence-electron chi connectivity index (χ2n) is 0.513. The summed E-state index contributed by atoms with van der Waals surface area (Å²) in [5.74, 6) is 0. The molecule has 0 bridgehead atoms. The van der Waals surface area contributed by atoms with Crippen LogP contribution in [0.25, 0.3) is 0 Å². The van der Waals surface area contributed by atoms with E-state index in [-0.39, 0.29) is 43.2 Å². The Bertz CT molecular complexity index is 54.2. The van der Waals surface area contributed by atoms with Gasteiger partial charge in [0.25, 0.3) is 0 Å². The summed E-state index contributed by atoms with van der Waals surface area (Å²) in [4.78, 5) is 21.6. The molecule has 0 aromatic heterocycles. The minimum Gasteiger partial charge on any atom is -2.00 e. The molecule has 0 rings (SSSR count).